The van der Waals surface area contributed by atoms with E-state index in [1.807, 2.05) is 25.1 Å². The van der Waals surface area contributed by atoms with Crippen molar-refractivity contribution in [2.45, 2.75) is 26.8 Å². The van der Waals surface area contributed by atoms with Crippen LogP contribution in [0.15, 0.2) is 47.6 Å². The molecule has 2 aliphatic rings. The van der Waals surface area contributed by atoms with Gasteiger partial charge in [-0.3, -0.25) is 14.6 Å². The molecule has 1 fully saturated rings. The molecule has 0 bridgehead atoms. The lowest BCUT2D eigenvalue weighted by Crippen LogP contribution is -2.39. The van der Waals surface area contributed by atoms with Crippen LogP contribution in [0.2, 0.25) is 5.02 Å². The summed E-state index contributed by atoms with van der Waals surface area (Å²) in [4.78, 5) is 40.6. The first-order valence-corrected chi connectivity index (χ1v) is 9.98. The summed E-state index contributed by atoms with van der Waals surface area (Å²) < 4.78 is 5.12. The van der Waals surface area contributed by atoms with Crippen LogP contribution in [0.1, 0.15) is 18.1 Å². The summed E-state index contributed by atoms with van der Waals surface area (Å²) in [5.41, 5.74) is 2.46. The topological polar surface area (TPSA) is 79.3 Å². The zero-order valence-corrected chi connectivity index (χ0v) is 17.5. The molecule has 4 rings (SSSR count). The van der Waals surface area contributed by atoms with Crippen molar-refractivity contribution in [3.63, 3.8) is 0 Å². The predicted molar refractivity (Wildman–Crippen MR) is 114 cm³/mol. The summed E-state index contributed by atoms with van der Waals surface area (Å²) in [6.07, 6.45) is 0. The number of carbonyl (C=O) groups excluding carboxylic acids is 3. The number of anilines is 2. The number of rotatable bonds is 4. The maximum atomic E-state index is 13.5. The molecule has 0 spiro atoms. The number of imide groups is 1. The Balaban J connectivity index is 1.84. The Morgan fingerprint density at radius 1 is 1.07 bits per heavy atom. The lowest BCUT2D eigenvalue weighted by Gasteiger charge is -2.24. The maximum Gasteiger partial charge on any atom is 0.355 e. The highest BCUT2D eigenvalue weighted by atomic mass is 35.5. The third-order valence-corrected chi connectivity index (χ3v) is 5.79. The number of fused-ring (bicyclic) bond motifs is 1. The minimum atomic E-state index is -1.05. The van der Waals surface area contributed by atoms with Gasteiger partial charge in [0.1, 0.15) is 12.0 Å². The number of halogens is 1. The summed E-state index contributed by atoms with van der Waals surface area (Å²) in [7, 11) is 0. The molecule has 0 aliphatic carbocycles. The third kappa shape index (κ3) is 2.97. The van der Waals surface area contributed by atoms with E-state index in [9.17, 15) is 14.4 Å². The van der Waals surface area contributed by atoms with E-state index in [1.54, 1.807) is 38.1 Å². The fourth-order valence-electron chi connectivity index (χ4n) is 3.88. The summed E-state index contributed by atoms with van der Waals surface area (Å²) >= 11 is 6.22. The van der Waals surface area contributed by atoms with Gasteiger partial charge in [-0.1, -0.05) is 35.9 Å². The Labute approximate surface area is 178 Å². The Kier molecular flexibility index (Phi) is 5.07. The van der Waals surface area contributed by atoms with Crippen molar-refractivity contribution >= 4 is 46.5 Å². The number of esters is 1. The second-order valence-electron chi connectivity index (χ2n) is 7.16. The zero-order valence-electron chi connectivity index (χ0n) is 16.8. The molecule has 1 saturated heterocycles. The van der Waals surface area contributed by atoms with Gasteiger partial charge in [0, 0.05) is 5.02 Å². The van der Waals surface area contributed by atoms with Gasteiger partial charge < -0.3 is 4.74 Å². The molecular formula is C22H20ClN3O4. The molecule has 30 heavy (non-hydrogen) atoms. The fraction of sp³-hybridized carbons (Fsp3) is 0.273. The molecule has 0 aromatic heterocycles. The van der Waals surface area contributed by atoms with Crippen LogP contribution in [-0.2, 0) is 19.1 Å². The number of hydrogen-bond donors (Lipinski definition) is 0. The number of hydrazone groups is 1. The van der Waals surface area contributed by atoms with Gasteiger partial charge in [0.2, 0.25) is 5.91 Å². The molecule has 2 aliphatic heterocycles. The van der Waals surface area contributed by atoms with Gasteiger partial charge in [0.15, 0.2) is 5.71 Å². The standard InChI is InChI=1S/C22H20ClN3O4/c1-4-30-22(29)18-17-19(26(24-18)15-10-6-5-8-12(15)2)21(28)25(20(17)27)16-11-7-9-14(23)13(16)3/h5-11,17,19H,4H2,1-3H3/t17-,19-/m0/s1. The van der Waals surface area contributed by atoms with E-state index in [2.05, 4.69) is 5.10 Å². The van der Waals surface area contributed by atoms with Gasteiger partial charge in [-0.25, -0.2) is 9.69 Å². The summed E-state index contributed by atoms with van der Waals surface area (Å²) in [5, 5.41) is 6.28. The number of nitrogens with zero attached hydrogens (tertiary/aromatic N) is 3. The molecular weight excluding hydrogens is 406 g/mol. The van der Waals surface area contributed by atoms with Crippen molar-refractivity contribution in [2.24, 2.45) is 11.0 Å². The number of hydrogen-bond acceptors (Lipinski definition) is 6. The van der Waals surface area contributed by atoms with Gasteiger partial charge >= 0.3 is 5.97 Å². The molecule has 2 amide bonds. The normalized spacial score (nSPS) is 20.5. The second kappa shape index (κ2) is 7.57. The summed E-state index contributed by atoms with van der Waals surface area (Å²) in [5.74, 6) is -2.72. The molecule has 2 atom stereocenters. The lowest BCUT2D eigenvalue weighted by molar-refractivity contribution is -0.136. The molecule has 0 N–H and O–H groups in total. The Bertz CT molecular complexity index is 1100. The molecule has 0 saturated carbocycles. The van der Waals surface area contributed by atoms with E-state index in [4.69, 9.17) is 16.3 Å². The van der Waals surface area contributed by atoms with Crippen LogP contribution < -0.4 is 9.91 Å². The van der Waals surface area contributed by atoms with Gasteiger partial charge in [0.25, 0.3) is 5.91 Å². The van der Waals surface area contributed by atoms with Crippen molar-refractivity contribution in [1.82, 2.24) is 0 Å². The monoisotopic (exact) mass is 425 g/mol. The average Bonchev–Trinajstić information content (AvgIpc) is 3.22. The van der Waals surface area contributed by atoms with Crippen molar-refractivity contribution in [2.75, 3.05) is 16.5 Å². The lowest BCUT2D eigenvalue weighted by atomic mass is 9.97. The van der Waals surface area contributed by atoms with Crippen LogP contribution in [0.25, 0.3) is 0 Å². The molecule has 7 nitrogen and oxygen atoms in total. The first-order valence-electron chi connectivity index (χ1n) is 9.60. The van der Waals surface area contributed by atoms with Crippen molar-refractivity contribution in [1.29, 1.82) is 0 Å². The minimum absolute atomic E-state index is 0.0642. The van der Waals surface area contributed by atoms with Crippen LogP contribution in [0.5, 0.6) is 0 Å². The Morgan fingerprint density at radius 2 is 1.77 bits per heavy atom. The van der Waals surface area contributed by atoms with E-state index in [0.29, 0.717) is 22.0 Å². The van der Waals surface area contributed by atoms with Gasteiger partial charge in [-0.05, 0) is 50.1 Å². The quantitative estimate of drug-likeness (QED) is 0.555. The molecule has 8 heteroatoms. The molecule has 2 aromatic carbocycles. The smallest absolute Gasteiger partial charge is 0.355 e. The van der Waals surface area contributed by atoms with E-state index >= 15 is 0 Å². The van der Waals surface area contributed by atoms with E-state index < -0.39 is 29.7 Å². The predicted octanol–water partition coefficient (Wildman–Crippen LogP) is 3.25. The van der Waals surface area contributed by atoms with Crippen LogP contribution in [0, 0.1) is 19.8 Å². The van der Waals surface area contributed by atoms with E-state index in [1.165, 1.54) is 5.01 Å². The first kappa shape index (κ1) is 20.1. The maximum absolute atomic E-state index is 13.5. The molecule has 0 unspecified atom stereocenters. The van der Waals surface area contributed by atoms with Crippen molar-refractivity contribution < 1.29 is 19.1 Å². The second-order valence-corrected chi connectivity index (χ2v) is 7.56. The van der Waals surface area contributed by atoms with Gasteiger partial charge in [0.05, 0.1) is 18.0 Å². The fourth-order valence-corrected chi connectivity index (χ4v) is 4.05. The largest absolute Gasteiger partial charge is 0.461 e. The number of ether oxygens (including phenoxy) is 1. The number of aryl methyl sites for hydroxylation is 1. The van der Waals surface area contributed by atoms with E-state index in [-0.39, 0.29) is 12.3 Å². The number of para-hydroxylation sites is 1. The Hall–Kier alpha value is -3.19. The molecule has 2 heterocycles. The molecule has 0 radical (unpaired) electrons. The van der Waals surface area contributed by atoms with Crippen LogP contribution in [0.3, 0.4) is 0 Å². The number of carbonyl (C=O) groups is 3. The number of benzene rings is 2. The van der Waals surface area contributed by atoms with Crippen molar-refractivity contribution in [3.8, 4) is 0 Å². The third-order valence-electron chi connectivity index (χ3n) is 5.38. The van der Waals surface area contributed by atoms with Gasteiger partial charge in [-0.15, -0.1) is 0 Å². The van der Waals surface area contributed by atoms with Crippen LogP contribution in [-0.4, -0.2) is 36.1 Å². The van der Waals surface area contributed by atoms with Crippen molar-refractivity contribution in [3.05, 3.63) is 58.6 Å². The summed E-state index contributed by atoms with van der Waals surface area (Å²) in [6, 6.07) is 11.4. The SMILES string of the molecule is CCOC(=O)C1=NN(c2ccccc2C)[C@@H]2C(=O)N(c3cccc(Cl)c3C)C(=O)[C@@H]12. The van der Waals surface area contributed by atoms with Crippen LogP contribution in [0.4, 0.5) is 11.4 Å². The highest BCUT2D eigenvalue weighted by molar-refractivity contribution is 6.47. The van der Waals surface area contributed by atoms with E-state index in [0.717, 1.165) is 10.5 Å². The van der Waals surface area contributed by atoms with Gasteiger partial charge in [-0.2, -0.15) is 5.10 Å². The zero-order chi connectivity index (χ0) is 21.6. The minimum Gasteiger partial charge on any atom is -0.461 e. The Morgan fingerprint density at radius 3 is 2.47 bits per heavy atom. The molecule has 154 valence electrons. The average molecular weight is 426 g/mol. The van der Waals surface area contributed by atoms with Crippen LogP contribution >= 0.6 is 11.6 Å². The highest BCUT2D eigenvalue weighted by Gasteiger charge is 2.59. The summed E-state index contributed by atoms with van der Waals surface area (Å²) in [6.45, 7) is 5.43. The number of amides is 2. The first-order chi connectivity index (χ1) is 14.4. The molecule has 2 aromatic rings. The highest BCUT2D eigenvalue weighted by Crippen LogP contribution is 2.40.